The van der Waals surface area contributed by atoms with Gasteiger partial charge < -0.3 is 10.2 Å². The SMILES string of the molecule is CCCCNc1nncc(N(CC)CC)n1. The van der Waals surface area contributed by atoms with Crippen LogP contribution in [-0.4, -0.2) is 34.8 Å². The molecule has 0 unspecified atom stereocenters. The van der Waals surface area contributed by atoms with Crippen LogP contribution < -0.4 is 10.2 Å². The molecule has 1 heterocycles. The van der Waals surface area contributed by atoms with E-state index in [1.807, 2.05) is 0 Å². The molecule has 0 saturated heterocycles. The van der Waals surface area contributed by atoms with Gasteiger partial charge in [-0.3, -0.25) is 0 Å². The third-order valence-corrected chi connectivity index (χ3v) is 2.45. The number of unbranched alkanes of at least 4 members (excludes halogenated alkanes) is 1. The van der Waals surface area contributed by atoms with Crippen molar-refractivity contribution in [1.29, 1.82) is 0 Å². The molecule has 1 rings (SSSR count). The Morgan fingerprint density at radius 2 is 2.00 bits per heavy atom. The first kappa shape index (κ1) is 12.7. The van der Waals surface area contributed by atoms with Crippen molar-refractivity contribution >= 4 is 11.8 Å². The summed E-state index contributed by atoms with van der Waals surface area (Å²) in [6.45, 7) is 9.14. The molecule has 0 aliphatic rings. The number of nitrogens with one attached hydrogen (secondary N) is 1. The zero-order valence-electron chi connectivity index (χ0n) is 10.4. The maximum Gasteiger partial charge on any atom is 0.244 e. The molecule has 1 aromatic rings. The lowest BCUT2D eigenvalue weighted by Crippen LogP contribution is -2.23. The number of aromatic nitrogens is 3. The van der Waals surface area contributed by atoms with Crippen molar-refractivity contribution in [3.63, 3.8) is 0 Å². The van der Waals surface area contributed by atoms with Crippen LogP contribution >= 0.6 is 0 Å². The first-order valence-electron chi connectivity index (χ1n) is 6.00. The van der Waals surface area contributed by atoms with E-state index in [9.17, 15) is 0 Å². The molecule has 16 heavy (non-hydrogen) atoms. The molecule has 0 radical (unpaired) electrons. The van der Waals surface area contributed by atoms with Crippen molar-refractivity contribution in [2.75, 3.05) is 29.9 Å². The van der Waals surface area contributed by atoms with E-state index < -0.39 is 0 Å². The lowest BCUT2D eigenvalue weighted by Gasteiger charge is -2.19. The van der Waals surface area contributed by atoms with Crippen molar-refractivity contribution in [1.82, 2.24) is 15.2 Å². The summed E-state index contributed by atoms with van der Waals surface area (Å²) in [6.07, 6.45) is 3.99. The molecule has 0 amide bonds. The molecular formula is C11H21N5. The third kappa shape index (κ3) is 3.64. The van der Waals surface area contributed by atoms with Crippen LogP contribution in [-0.2, 0) is 0 Å². The van der Waals surface area contributed by atoms with Crippen LogP contribution in [0.3, 0.4) is 0 Å². The first-order valence-corrected chi connectivity index (χ1v) is 6.00. The predicted molar refractivity (Wildman–Crippen MR) is 66.8 cm³/mol. The second-order valence-electron chi connectivity index (χ2n) is 3.59. The van der Waals surface area contributed by atoms with Gasteiger partial charge in [0.2, 0.25) is 5.95 Å². The van der Waals surface area contributed by atoms with Crippen molar-refractivity contribution in [2.45, 2.75) is 33.6 Å². The summed E-state index contributed by atoms with van der Waals surface area (Å²) >= 11 is 0. The van der Waals surface area contributed by atoms with E-state index in [0.29, 0.717) is 5.95 Å². The van der Waals surface area contributed by atoms with Crippen molar-refractivity contribution in [3.8, 4) is 0 Å². The van der Waals surface area contributed by atoms with E-state index in [-0.39, 0.29) is 0 Å². The lowest BCUT2D eigenvalue weighted by atomic mass is 10.3. The molecule has 0 aliphatic carbocycles. The van der Waals surface area contributed by atoms with E-state index >= 15 is 0 Å². The zero-order valence-corrected chi connectivity index (χ0v) is 10.4. The molecular weight excluding hydrogens is 202 g/mol. The number of hydrogen-bond acceptors (Lipinski definition) is 5. The molecule has 90 valence electrons. The van der Waals surface area contributed by atoms with Gasteiger partial charge in [-0.05, 0) is 20.3 Å². The van der Waals surface area contributed by atoms with Gasteiger partial charge >= 0.3 is 0 Å². The van der Waals surface area contributed by atoms with Crippen molar-refractivity contribution in [2.24, 2.45) is 0 Å². The highest BCUT2D eigenvalue weighted by Crippen LogP contribution is 2.09. The monoisotopic (exact) mass is 223 g/mol. The fraction of sp³-hybridized carbons (Fsp3) is 0.727. The summed E-state index contributed by atoms with van der Waals surface area (Å²) in [7, 11) is 0. The minimum atomic E-state index is 0.623. The smallest absolute Gasteiger partial charge is 0.244 e. The highest BCUT2D eigenvalue weighted by molar-refractivity contribution is 5.39. The standard InChI is InChI=1S/C11H21N5/c1-4-7-8-12-11-14-10(9-13-15-11)16(5-2)6-3/h9H,4-8H2,1-3H3,(H,12,14,15). The van der Waals surface area contributed by atoms with Gasteiger partial charge in [-0.15, -0.1) is 5.10 Å². The minimum Gasteiger partial charge on any atom is -0.356 e. The molecule has 0 bridgehead atoms. The zero-order chi connectivity index (χ0) is 11.8. The molecule has 0 aromatic carbocycles. The van der Waals surface area contributed by atoms with E-state index in [4.69, 9.17) is 0 Å². The predicted octanol–water partition coefficient (Wildman–Crippen LogP) is 1.93. The van der Waals surface area contributed by atoms with Gasteiger partial charge in [-0.2, -0.15) is 10.1 Å². The van der Waals surface area contributed by atoms with Gasteiger partial charge in [-0.1, -0.05) is 13.3 Å². The molecule has 5 nitrogen and oxygen atoms in total. The topological polar surface area (TPSA) is 53.9 Å². The third-order valence-electron chi connectivity index (χ3n) is 2.45. The maximum absolute atomic E-state index is 4.43. The van der Waals surface area contributed by atoms with Crippen LogP contribution in [0.5, 0.6) is 0 Å². The second kappa shape index (κ2) is 6.98. The summed E-state index contributed by atoms with van der Waals surface area (Å²) in [4.78, 5) is 6.58. The van der Waals surface area contributed by atoms with Gasteiger partial charge in [0.1, 0.15) is 0 Å². The normalized spacial score (nSPS) is 10.2. The molecule has 0 atom stereocenters. The maximum atomic E-state index is 4.43. The summed E-state index contributed by atoms with van der Waals surface area (Å²) in [6, 6.07) is 0. The molecule has 0 spiro atoms. The van der Waals surface area contributed by atoms with Gasteiger partial charge in [0, 0.05) is 19.6 Å². The first-order chi connectivity index (χ1) is 7.81. The summed E-state index contributed by atoms with van der Waals surface area (Å²) in [5, 5.41) is 11.1. The van der Waals surface area contributed by atoms with E-state index in [2.05, 4.69) is 46.2 Å². The van der Waals surface area contributed by atoms with Gasteiger partial charge in [0.05, 0.1) is 6.20 Å². The molecule has 0 fully saturated rings. The molecule has 0 aliphatic heterocycles. The Morgan fingerprint density at radius 1 is 1.25 bits per heavy atom. The van der Waals surface area contributed by atoms with E-state index in [0.717, 1.165) is 38.3 Å². The summed E-state index contributed by atoms with van der Waals surface area (Å²) in [5.74, 6) is 1.51. The van der Waals surface area contributed by atoms with Crippen LogP contribution in [0.2, 0.25) is 0 Å². The quantitative estimate of drug-likeness (QED) is 0.716. The second-order valence-corrected chi connectivity index (χ2v) is 3.59. The van der Waals surface area contributed by atoms with Crippen LogP contribution in [0.1, 0.15) is 33.6 Å². The Bertz CT molecular complexity index is 298. The average molecular weight is 223 g/mol. The highest BCUT2D eigenvalue weighted by atomic mass is 15.3. The van der Waals surface area contributed by atoms with E-state index in [1.54, 1.807) is 6.20 Å². The van der Waals surface area contributed by atoms with Gasteiger partial charge in [-0.25, -0.2) is 0 Å². The molecule has 1 N–H and O–H groups in total. The lowest BCUT2D eigenvalue weighted by molar-refractivity contribution is 0.802. The summed E-state index contributed by atoms with van der Waals surface area (Å²) < 4.78 is 0. The minimum absolute atomic E-state index is 0.623. The molecule has 1 aromatic heterocycles. The van der Waals surface area contributed by atoms with Crippen LogP contribution in [0, 0.1) is 0 Å². The van der Waals surface area contributed by atoms with Crippen LogP contribution in [0.4, 0.5) is 11.8 Å². The summed E-state index contributed by atoms with van der Waals surface area (Å²) in [5.41, 5.74) is 0. The molecule has 5 heteroatoms. The largest absolute Gasteiger partial charge is 0.356 e. The Labute approximate surface area is 97.3 Å². The number of anilines is 2. The molecule has 0 saturated carbocycles. The van der Waals surface area contributed by atoms with Crippen molar-refractivity contribution in [3.05, 3.63) is 6.20 Å². The van der Waals surface area contributed by atoms with Crippen molar-refractivity contribution < 1.29 is 0 Å². The highest BCUT2D eigenvalue weighted by Gasteiger charge is 2.05. The number of nitrogens with zero attached hydrogens (tertiary/aromatic N) is 4. The fourth-order valence-electron chi connectivity index (χ4n) is 1.45. The average Bonchev–Trinajstić information content (AvgIpc) is 2.32. The Balaban J connectivity index is 2.62. The Hall–Kier alpha value is -1.39. The number of rotatable bonds is 7. The Morgan fingerprint density at radius 3 is 2.62 bits per heavy atom. The Kier molecular flexibility index (Phi) is 5.53. The van der Waals surface area contributed by atoms with Crippen LogP contribution in [0.15, 0.2) is 6.20 Å². The van der Waals surface area contributed by atoms with Gasteiger partial charge in [0.15, 0.2) is 5.82 Å². The fourth-order valence-corrected chi connectivity index (χ4v) is 1.45. The van der Waals surface area contributed by atoms with Crippen LogP contribution in [0.25, 0.3) is 0 Å². The number of hydrogen-bond donors (Lipinski definition) is 1. The van der Waals surface area contributed by atoms with E-state index in [1.165, 1.54) is 0 Å². The van der Waals surface area contributed by atoms with Gasteiger partial charge in [0.25, 0.3) is 0 Å².